The number of hydrogen-bond donors (Lipinski definition) is 1. The first-order valence-corrected chi connectivity index (χ1v) is 14.4. The molecule has 0 saturated carbocycles. The van der Waals surface area contributed by atoms with Crippen LogP contribution in [0.15, 0.2) is 83.8 Å². The van der Waals surface area contributed by atoms with E-state index in [4.69, 9.17) is 9.84 Å². The first-order valence-electron chi connectivity index (χ1n) is 12.9. The molecular weight excluding hydrogens is 512 g/mol. The van der Waals surface area contributed by atoms with E-state index in [2.05, 4.69) is 21.8 Å². The lowest BCUT2D eigenvalue weighted by Gasteiger charge is -2.26. The fourth-order valence-electron chi connectivity index (χ4n) is 4.79. The maximum Gasteiger partial charge on any atom is 0.283 e. The van der Waals surface area contributed by atoms with E-state index >= 15 is 0 Å². The molecule has 39 heavy (non-hydrogen) atoms. The topological polar surface area (TPSA) is 93.5 Å². The molecule has 5 rings (SSSR count). The number of amides is 1. The minimum atomic E-state index is -4.05. The van der Waals surface area contributed by atoms with Crippen molar-refractivity contribution in [3.63, 3.8) is 0 Å². The van der Waals surface area contributed by atoms with E-state index in [1.165, 1.54) is 12.1 Å². The molecule has 8 nitrogen and oxygen atoms in total. The third kappa shape index (κ3) is 6.27. The maximum atomic E-state index is 13.4. The van der Waals surface area contributed by atoms with Crippen LogP contribution in [-0.2, 0) is 27.8 Å². The Kier molecular flexibility index (Phi) is 7.92. The van der Waals surface area contributed by atoms with Crippen LogP contribution in [0, 0.1) is 13.8 Å². The molecule has 1 aromatic heterocycles. The van der Waals surface area contributed by atoms with Crippen LogP contribution in [0.5, 0.6) is 0 Å². The number of hydrogen-bond acceptors (Lipinski definition) is 6. The molecule has 9 heteroatoms. The minimum Gasteiger partial charge on any atom is -0.379 e. The maximum absolute atomic E-state index is 13.4. The lowest BCUT2D eigenvalue weighted by Crippen LogP contribution is -2.35. The zero-order chi connectivity index (χ0) is 27.4. The molecule has 0 radical (unpaired) electrons. The van der Waals surface area contributed by atoms with Crippen molar-refractivity contribution in [3.8, 4) is 11.3 Å². The number of sulfonamides is 1. The smallest absolute Gasteiger partial charge is 0.283 e. The first-order chi connectivity index (χ1) is 18.8. The number of nitrogens with zero attached hydrogens (tertiary/aromatic N) is 3. The normalized spacial score (nSPS) is 14.3. The van der Waals surface area contributed by atoms with Crippen LogP contribution in [-0.4, -0.2) is 55.3 Å². The molecule has 1 fully saturated rings. The molecule has 0 spiro atoms. The Morgan fingerprint density at radius 3 is 2.31 bits per heavy atom. The highest BCUT2D eigenvalue weighted by atomic mass is 32.2. The molecule has 1 amide bonds. The number of nitrogens with one attached hydrogen (secondary N) is 1. The van der Waals surface area contributed by atoms with E-state index in [0.717, 1.165) is 60.7 Å². The number of aromatic nitrogens is 2. The fourth-order valence-corrected chi connectivity index (χ4v) is 5.77. The van der Waals surface area contributed by atoms with E-state index < -0.39 is 15.9 Å². The molecule has 4 aromatic rings. The fraction of sp³-hybridized carbons (Fsp3) is 0.267. The summed E-state index contributed by atoms with van der Waals surface area (Å²) in [6.07, 6.45) is 0. The van der Waals surface area contributed by atoms with Gasteiger partial charge in [-0.2, -0.15) is 5.10 Å². The van der Waals surface area contributed by atoms with Gasteiger partial charge in [0.2, 0.25) is 0 Å². The summed E-state index contributed by atoms with van der Waals surface area (Å²) in [5, 5.41) is 4.80. The number of benzene rings is 3. The molecule has 1 aliphatic rings. The Balaban J connectivity index is 1.49. The third-order valence-electron chi connectivity index (χ3n) is 6.98. The largest absolute Gasteiger partial charge is 0.379 e. The van der Waals surface area contributed by atoms with Crippen LogP contribution >= 0.6 is 0 Å². The summed E-state index contributed by atoms with van der Waals surface area (Å²) in [6, 6.07) is 23.6. The summed E-state index contributed by atoms with van der Waals surface area (Å²) in [4.78, 5) is 15.8. The van der Waals surface area contributed by atoms with Gasteiger partial charge in [-0.05, 0) is 60.4 Å². The molecule has 2 heterocycles. The van der Waals surface area contributed by atoms with Gasteiger partial charge in [-0.15, -0.1) is 0 Å². The van der Waals surface area contributed by atoms with Crippen LogP contribution in [0.1, 0.15) is 32.7 Å². The lowest BCUT2D eigenvalue weighted by molar-refractivity contribution is 0.0342. The predicted molar refractivity (Wildman–Crippen MR) is 150 cm³/mol. The standard InChI is InChI=1S/C30H32N4O4S/c1-22-8-6-9-23(2)27(22)21-34-29(30(35)32-39(36,37)26-12-4-3-5-13-26)19-28(31-34)25-11-7-10-24(18-25)20-33-14-16-38-17-15-33/h3-13,18-19H,14-17,20-21H2,1-2H3,(H,32,35). The van der Waals surface area contributed by atoms with E-state index in [-0.39, 0.29) is 10.6 Å². The Bertz CT molecular complexity index is 1560. The summed E-state index contributed by atoms with van der Waals surface area (Å²) in [7, 11) is -4.05. The summed E-state index contributed by atoms with van der Waals surface area (Å²) in [5.41, 5.74) is 5.95. The van der Waals surface area contributed by atoms with Crippen LogP contribution < -0.4 is 4.72 Å². The van der Waals surface area contributed by atoms with Gasteiger partial charge in [0.15, 0.2) is 0 Å². The Hall–Kier alpha value is -3.79. The van der Waals surface area contributed by atoms with E-state index in [1.807, 2.05) is 44.2 Å². The minimum absolute atomic E-state index is 0.0233. The summed E-state index contributed by atoms with van der Waals surface area (Å²) in [6.45, 7) is 8.38. The summed E-state index contributed by atoms with van der Waals surface area (Å²) >= 11 is 0. The molecule has 0 unspecified atom stereocenters. The number of aryl methyl sites for hydroxylation is 2. The molecular formula is C30H32N4O4S. The zero-order valence-electron chi connectivity index (χ0n) is 22.1. The van der Waals surface area contributed by atoms with Crippen molar-refractivity contribution in [2.24, 2.45) is 0 Å². The van der Waals surface area contributed by atoms with Gasteiger partial charge in [-0.1, -0.05) is 54.6 Å². The highest BCUT2D eigenvalue weighted by Crippen LogP contribution is 2.24. The monoisotopic (exact) mass is 544 g/mol. The van der Waals surface area contributed by atoms with Crippen LogP contribution in [0.3, 0.4) is 0 Å². The van der Waals surface area contributed by atoms with Crippen molar-refractivity contribution in [2.75, 3.05) is 26.3 Å². The Morgan fingerprint density at radius 1 is 0.897 bits per heavy atom. The average Bonchev–Trinajstić information content (AvgIpc) is 3.36. The second kappa shape index (κ2) is 11.5. The SMILES string of the molecule is Cc1cccc(C)c1Cn1nc(-c2cccc(CN3CCOCC3)c2)cc1C(=O)NS(=O)(=O)c1ccccc1. The quantitative estimate of drug-likeness (QED) is 0.358. The zero-order valence-corrected chi connectivity index (χ0v) is 22.9. The molecule has 0 aliphatic carbocycles. The number of carbonyl (C=O) groups is 1. The number of morpholine rings is 1. The van der Waals surface area contributed by atoms with Crippen molar-refractivity contribution in [1.82, 2.24) is 19.4 Å². The highest BCUT2D eigenvalue weighted by Gasteiger charge is 2.24. The second-order valence-electron chi connectivity index (χ2n) is 9.78. The van der Waals surface area contributed by atoms with Gasteiger partial charge in [0, 0.05) is 25.2 Å². The molecule has 0 atom stereocenters. The molecule has 202 valence electrons. The van der Waals surface area contributed by atoms with E-state index in [9.17, 15) is 13.2 Å². The van der Waals surface area contributed by atoms with Gasteiger partial charge in [0.1, 0.15) is 5.69 Å². The van der Waals surface area contributed by atoms with Gasteiger partial charge in [0.05, 0.1) is 30.3 Å². The first kappa shape index (κ1) is 26.8. The number of rotatable bonds is 8. The van der Waals surface area contributed by atoms with E-state index in [1.54, 1.807) is 28.9 Å². The van der Waals surface area contributed by atoms with Crippen molar-refractivity contribution in [1.29, 1.82) is 0 Å². The molecule has 3 aromatic carbocycles. The van der Waals surface area contributed by atoms with Gasteiger partial charge in [-0.3, -0.25) is 14.4 Å². The Morgan fingerprint density at radius 2 is 1.59 bits per heavy atom. The van der Waals surface area contributed by atoms with Crippen LogP contribution in [0.25, 0.3) is 11.3 Å². The van der Waals surface area contributed by atoms with Crippen LogP contribution in [0.2, 0.25) is 0 Å². The van der Waals surface area contributed by atoms with Gasteiger partial charge in [0.25, 0.3) is 15.9 Å². The van der Waals surface area contributed by atoms with Crippen molar-refractivity contribution < 1.29 is 17.9 Å². The Labute approximate surface area is 229 Å². The molecule has 1 aliphatic heterocycles. The van der Waals surface area contributed by atoms with Crippen molar-refractivity contribution in [3.05, 3.63) is 107 Å². The third-order valence-corrected chi connectivity index (χ3v) is 8.33. The summed E-state index contributed by atoms with van der Waals surface area (Å²) < 4.78 is 35.1. The summed E-state index contributed by atoms with van der Waals surface area (Å²) in [5.74, 6) is -0.728. The van der Waals surface area contributed by atoms with Crippen molar-refractivity contribution >= 4 is 15.9 Å². The van der Waals surface area contributed by atoms with Crippen molar-refractivity contribution in [2.45, 2.75) is 31.8 Å². The lowest BCUT2D eigenvalue weighted by atomic mass is 10.0. The van der Waals surface area contributed by atoms with Gasteiger partial charge in [-0.25, -0.2) is 13.1 Å². The number of ether oxygens (including phenoxy) is 1. The van der Waals surface area contributed by atoms with Gasteiger partial charge < -0.3 is 4.74 Å². The molecule has 0 bridgehead atoms. The number of carbonyl (C=O) groups excluding carboxylic acids is 1. The highest BCUT2D eigenvalue weighted by molar-refractivity contribution is 7.90. The molecule has 1 N–H and O–H groups in total. The average molecular weight is 545 g/mol. The predicted octanol–water partition coefficient (Wildman–Crippen LogP) is 4.17. The van der Waals surface area contributed by atoms with Gasteiger partial charge >= 0.3 is 0 Å². The van der Waals surface area contributed by atoms with Crippen LogP contribution in [0.4, 0.5) is 0 Å². The van der Waals surface area contributed by atoms with E-state index in [0.29, 0.717) is 12.2 Å². The molecule has 1 saturated heterocycles. The second-order valence-corrected chi connectivity index (χ2v) is 11.5.